The first-order valence-electron chi connectivity index (χ1n) is 14.8. The van der Waals surface area contributed by atoms with Crippen LogP contribution in [0.1, 0.15) is 50.2 Å². The van der Waals surface area contributed by atoms with Crippen LogP contribution < -0.4 is 0 Å². The van der Waals surface area contributed by atoms with E-state index in [2.05, 4.69) is 30.0 Å². The number of hydrogen-bond acceptors (Lipinski definition) is 7. The Morgan fingerprint density at radius 2 is 2.00 bits per heavy atom. The van der Waals surface area contributed by atoms with Gasteiger partial charge in [0, 0.05) is 51.4 Å². The van der Waals surface area contributed by atoms with Crippen molar-refractivity contribution in [2.24, 2.45) is 0 Å². The molecule has 4 aromatic rings. The van der Waals surface area contributed by atoms with Gasteiger partial charge in [-0.1, -0.05) is 42.5 Å². The van der Waals surface area contributed by atoms with Gasteiger partial charge in [0.05, 0.1) is 34.9 Å². The minimum absolute atomic E-state index is 0.107. The van der Waals surface area contributed by atoms with Crippen molar-refractivity contribution in [1.82, 2.24) is 34.6 Å². The van der Waals surface area contributed by atoms with E-state index >= 15 is 0 Å². The van der Waals surface area contributed by atoms with Crippen LogP contribution in [0.3, 0.4) is 0 Å². The molecule has 0 saturated carbocycles. The first-order chi connectivity index (χ1) is 21.0. The SMILES string of the molecule is C[C@@H]1Cc2nn3c(c2CN1C(=O)c1ccc(Cl)c(C#N)c1)C(=O)N(Cc1ccc2c(c1)nnn2COCC[Si](C)(C)C)CC3. The zero-order chi connectivity index (χ0) is 31.2. The second kappa shape index (κ2) is 11.8. The molecular formula is C31H35ClN8O3Si. The molecule has 2 aliphatic rings. The fraction of sp³-hybridized carbons (Fsp3) is 0.419. The van der Waals surface area contributed by atoms with Crippen LogP contribution in [0.5, 0.6) is 0 Å². The molecule has 4 heterocycles. The highest BCUT2D eigenvalue weighted by molar-refractivity contribution is 6.76. The van der Waals surface area contributed by atoms with E-state index in [4.69, 9.17) is 21.4 Å². The molecule has 0 bridgehead atoms. The summed E-state index contributed by atoms with van der Waals surface area (Å²) in [6.45, 7) is 11.8. The Labute approximate surface area is 261 Å². The summed E-state index contributed by atoms with van der Waals surface area (Å²) in [6.07, 6.45) is 0.543. The van der Waals surface area contributed by atoms with Gasteiger partial charge >= 0.3 is 0 Å². The Bertz CT molecular complexity index is 1800. The fourth-order valence-electron chi connectivity index (χ4n) is 5.76. The predicted molar refractivity (Wildman–Crippen MR) is 168 cm³/mol. The third kappa shape index (κ3) is 5.87. The number of carbonyl (C=O) groups is 2. The average molecular weight is 631 g/mol. The molecule has 1 atom stereocenters. The topological polar surface area (TPSA) is 122 Å². The molecule has 13 heteroatoms. The second-order valence-corrected chi connectivity index (χ2v) is 18.8. The number of nitriles is 1. The Kier molecular flexibility index (Phi) is 8.04. The molecule has 0 N–H and O–H groups in total. The van der Waals surface area contributed by atoms with E-state index < -0.39 is 8.07 Å². The maximum absolute atomic E-state index is 13.9. The number of rotatable bonds is 8. The van der Waals surface area contributed by atoms with Gasteiger partial charge in [-0.3, -0.25) is 14.3 Å². The molecule has 0 radical (unpaired) electrons. The van der Waals surface area contributed by atoms with Crippen LogP contribution in [-0.4, -0.2) is 73.7 Å². The summed E-state index contributed by atoms with van der Waals surface area (Å²) < 4.78 is 9.41. The van der Waals surface area contributed by atoms with Crippen LogP contribution in [-0.2, 0) is 37.5 Å². The van der Waals surface area contributed by atoms with Gasteiger partial charge in [0.15, 0.2) is 0 Å². The average Bonchev–Trinajstić information content (AvgIpc) is 3.56. The molecule has 2 aromatic heterocycles. The molecule has 44 heavy (non-hydrogen) atoms. The highest BCUT2D eigenvalue weighted by Gasteiger charge is 2.37. The van der Waals surface area contributed by atoms with E-state index in [1.807, 2.05) is 36.1 Å². The molecule has 2 amide bonds. The Hall–Kier alpha value is -4.05. The molecule has 6 rings (SSSR count). The third-order valence-electron chi connectivity index (χ3n) is 8.31. The van der Waals surface area contributed by atoms with Gasteiger partial charge < -0.3 is 14.5 Å². The number of benzene rings is 2. The molecule has 2 aliphatic heterocycles. The summed E-state index contributed by atoms with van der Waals surface area (Å²) in [4.78, 5) is 31.0. The van der Waals surface area contributed by atoms with Gasteiger partial charge in [0.25, 0.3) is 11.8 Å². The normalized spacial score (nSPS) is 16.6. The first-order valence-corrected chi connectivity index (χ1v) is 18.9. The summed E-state index contributed by atoms with van der Waals surface area (Å²) in [5.74, 6) is -0.316. The number of fused-ring (bicyclic) bond motifs is 4. The van der Waals surface area contributed by atoms with E-state index in [1.165, 1.54) is 6.07 Å². The van der Waals surface area contributed by atoms with Crippen molar-refractivity contribution in [3.63, 3.8) is 0 Å². The standard InChI is InChI=1S/C31H35ClN8O3Si/c1-20-13-26-24(18-38(20)30(41)22-6-7-25(32)23(15-22)16-33)29-31(42)37(9-10-39(29)35-26)17-21-5-8-28-27(14-21)34-36-40(28)19-43-11-12-44(2,3)4/h5-8,14-15,20H,9-13,17-19H2,1-4H3/t20-/m1/s1. The van der Waals surface area contributed by atoms with E-state index in [-0.39, 0.29) is 30.0 Å². The molecule has 0 aliphatic carbocycles. The lowest BCUT2D eigenvalue weighted by atomic mass is 9.97. The second-order valence-electron chi connectivity index (χ2n) is 12.8. The largest absolute Gasteiger partial charge is 0.359 e. The highest BCUT2D eigenvalue weighted by atomic mass is 35.5. The molecule has 228 valence electrons. The summed E-state index contributed by atoms with van der Waals surface area (Å²) in [7, 11) is -1.16. The minimum atomic E-state index is -1.16. The van der Waals surface area contributed by atoms with Gasteiger partial charge in [-0.15, -0.1) is 5.10 Å². The third-order valence-corrected chi connectivity index (χ3v) is 10.3. The summed E-state index contributed by atoms with van der Waals surface area (Å²) in [6, 6.07) is 13.7. The molecule has 0 saturated heterocycles. The smallest absolute Gasteiger partial charge is 0.272 e. The molecule has 0 fully saturated rings. The van der Waals surface area contributed by atoms with Gasteiger partial charge in [0.1, 0.15) is 24.0 Å². The van der Waals surface area contributed by atoms with Crippen molar-refractivity contribution in [2.75, 3.05) is 13.2 Å². The lowest BCUT2D eigenvalue weighted by Gasteiger charge is -2.34. The van der Waals surface area contributed by atoms with Crippen molar-refractivity contribution in [2.45, 2.75) is 71.4 Å². The number of carbonyl (C=O) groups excluding carboxylic acids is 2. The Morgan fingerprint density at radius 1 is 1.18 bits per heavy atom. The fourth-order valence-corrected chi connectivity index (χ4v) is 6.67. The molecule has 2 aromatic carbocycles. The van der Waals surface area contributed by atoms with Crippen molar-refractivity contribution in [3.8, 4) is 6.07 Å². The van der Waals surface area contributed by atoms with Gasteiger partial charge in [-0.05, 0) is 48.9 Å². The van der Waals surface area contributed by atoms with E-state index in [0.29, 0.717) is 55.7 Å². The van der Waals surface area contributed by atoms with Crippen LogP contribution in [0.25, 0.3) is 11.0 Å². The molecular weight excluding hydrogens is 596 g/mol. The van der Waals surface area contributed by atoms with Crippen LogP contribution >= 0.6 is 11.6 Å². The zero-order valence-electron chi connectivity index (χ0n) is 25.4. The van der Waals surface area contributed by atoms with E-state index in [0.717, 1.165) is 33.9 Å². The van der Waals surface area contributed by atoms with Crippen LogP contribution in [0.2, 0.25) is 30.7 Å². The van der Waals surface area contributed by atoms with E-state index in [1.54, 1.807) is 26.4 Å². The van der Waals surface area contributed by atoms with Crippen molar-refractivity contribution in [3.05, 3.63) is 75.1 Å². The van der Waals surface area contributed by atoms with Gasteiger partial charge in [-0.25, -0.2) is 4.68 Å². The Morgan fingerprint density at radius 3 is 2.77 bits per heavy atom. The van der Waals surface area contributed by atoms with E-state index in [9.17, 15) is 14.9 Å². The maximum atomic E-state index is 13.9. The summed E-state index contributed by atoms with van der Waals surface area (Å²) in [5.41, 5.74) is 5.42. The number of hydrogen-bond donors (Lipinski definition) is 0. The monoisotopic (exact) mass is 630 g/mol. The summed E-state index contributed by atoms with van der Waals surface area (Å²) in [5, 5.41) is 23.1. The van der Waals surface area contributed by atoms with Gasteiger partial charge in [-0.2, -0.15) is 10.4 Å². The van der Waals surface area contributed by atoms with Crippen LogP contribution in [0.15, 0.2) is 36.4 Å². The van der Waals surface area contributed by atoms with Gasteiger partial charge in [0.2, 0.25) is 0 Å². The lowest BCUT2D eigenvalue weighted by Crippen LogP contribution is -2.44. The first kappa shape index (κ1) is 30.0. The quantitative estimate of drug-likeness (QED) is 0.204. The van der Waals surface area contributed by atoms with Crippen LogP contribution in [0.4, 0.5) is 0 Å². The number of ether oxygens (including phenoxy) is 1. The summed E-state index contributed by atoms with van der Waals surface area (Å²) >= 11 is 6.09. The molecule has 0 unspecified atom stereocenters. The Balaban J connectivity index is 1.17. The maximum Gasteiger partial charge on any atom is 0.272 e. The minimum Gasteiger partial charge on any atom is -0.359 e. The van der Waals surface area contributed by atoms with Crippen LogP contribution in [0, 0.1) is 11.3 Å². The van der Waals surface area contributed by atoms with Crippen molar-refractivity contribution in [1.29, 1.82) is 5.26 Å². The predicted octanol–water partition coefficient (Wildman–Crippen LogP) is 4.71. The zero-order valence-corrected chi connectivity index (χ0v) is 27.1. The number of nitrogens with zero attached hydrogens (tertiary/aromatic N) is 8. The number of aromatic nitrogens is 5. The van der Waals surface area contributed by atoms with Crippen molar-refractivity contribution >= 4 is 42.5 Å². The van der Waals surface area contributed by atoms with Crippen molar-refractivity contribution < 1.29 is 14.3 Å². The number of halogens is 1. The number of amides is 2. The molecule has 11 nitrogen and oxygen atoms in total. The lowest BCUT2D eigenvalue weighted by molar-refractivity contribution is 0.0637. The highest BCUT2D eigenvalue weighted by Crippen LogP contribution is 2.31. The molecule has 0 spiro atoms.